The molecule has 0 amide bonds. The maximum Gasteiger partial charge on any atom is 0.162 e. The topological polar surface area (TPSA) is 23.6 Å². The van der Waals surface area contributed by atoms with Crippen molar-refractivity contribution in [2.75, 3.05) is 16.3 Å². The Morgan fingerprint density at radius 2 is 1.41 bits per heavy atom. The SMILES string of the molecule is CC1(C)CC(=O)C2=C(C1)N(c1ccccc1)C(c1ccc(Br)cc1)N(c1ccccc1)C2. The van der Waals surface area contributed by atoms with Crippen molar-refractivity contribution < 1.29 is 4.79 Å². The van der Waals surface area contributed by atoms with Crippen LogP contribution in [0.3, 0.4) is 0 Å². The molecule has 1 atom stereocenters. The summed E-state index contributed by atoms with van der Waals surface area (Å²) in [5.74, 6) is 0.271. The van der Waals surface area contributed by atoms with Gasteiger partial charge in [-0.05, 0) is 53.8 Å². The summed E-state index contributed by atoms with van der Waals surface area (Å²) in [6.07, 6.45) is 1.44. The van der Waals surface area contributed by atoms with Crippen LogP contribution in [-0.2, 0) is 4.79 Å². The normalized spacial score (nSPS) is 20.3. The van der Waals surface area contributed by atoms with Gasteiger partial charge in [0.05, 0.1) is 6.54 Å². The van der Waals surface area contributed by atoms with Gasteiger partial charge < -0.3 is 9.80 Å². The van der Waals surface area contributed by atoms with Crippen molar-refractivity contribution in [1.82, 2.24) is 0 Å². The number of allylic oxidation sites excluding steroid dienone is 1. The van der Waals surface area contributed by atoms with Gasteiger partial charge >= 0.3 is 0 Å². The second-order valence-corrected chi connectivity index (χ2v) is 10.4. The molecular weight excluding hydrogens is 460 g/mol. The second kappa shape index (κ2) is 8.25. The van der Waals surface area contributed by atoms with Crippen LogP contribution < -0.4 is 9.80 Å². The lowest BCUT2D eigenvalue weighted by Crippen LogP contribution is -2.51. The van der Waals surface area contributed by atoms with Gasteiger partial charge in [0.2, 0.25) is 0 Å². The average Bonchev–Trinajstić information content (AvgIpc) is 2.79. The number of Topliss-reactive ketones (excluding diaryl/α,β-unsaturated/α-hetero) is 1. The van der Waals surface area contributed by atoms with E-state index in [0.717, 1.165) is 33.5 Å². The Balaban J connectivity index is 1.75. The minimum Gasteiger partial charge on any atom is -0.342 e. The van der Waals surface area contributed by atoms with Crippen LogP contribution in [0.4, 0.5) is 11.4 Å². The molecule has 1 aliphatic heterocycles. The first kappa shape index (κ1) is 21.0. The van der Waals surface area contributed by atoms with Crippen LogP contribution in [0, 0.1) is 5.41 Å². The number of rotatable bonds is 3. The van der Waals surface area contributed by atoms with Crippen molar-refractivity contribution in [3.05, 3.63) is 106 Å². The minimum atomic E-state index is -0.0534. The van der Waals surface area contributed by atoms with E-state index in [1.165, 1.54) is 5.56 Å². The lowest BCUT2D eigenvalue weighted by atomic mass is 9.74. The van der Waals surface area contributed by atoms with Gasteiger partial charge in [0.25, 0.3) is 0 Å². The fourth-order valence-electron chi connectivity index (χ4n) is 4.98. The first-order valence-corrected chi connectivity index (χ1v) is 11.9. The minimum absolute atomic E-state index is 0.0478. The zero-order chi connectivity index (χ0) is 22.3. The smallest absolute Gasteiger partial charge is 0.162 e. The largest absolute Gasteiger partial charge is 0.342 e. The maximum absolute atomic E-state index is 13.4. The van der Waals surface area contributed by atoms with Crippen molar-refractivity contribution in [3.63, 3.8) is 0 Å². The number of carbonyl (C=O) groups is 1. The van der Waals surface area contributed by atoms with E-state index >= 15 is 0 Å². The van der Waals surface area contributed by atoms with Gasteiger partial charge in [-0.3, -0.25) is 4.79 Å². The van der Waals surface area contributed by atoms with Crippen molar-refractivity contribution in [1.29, 1.82) is 0 Å². The van der Waals surface area contributed by atoms with E-state index in [9.17, 15) is 4.79 Å². The molecule has 0 saturated heterocycles. The summed E-state index contributed by atoms with van der Waals surface area (Å²) in [5.41, 5.74) is 5.48. The van der Waals surface area contributed by atoms with Crippen LogP contribution in [0.1, 0.15) is 38.4 Å². The van der Waals surface area contributed by atoms with Gasteiger partial charge in [-0.15, -0.1) is 0 Å². The van der Waals surface area contributed by atoms with Crippen LogP contribution in [0.25, 0.3) is 0 Å². The Morgan fingerprint density at radius 3 is 2.03 bits per heavy atom. The van der Waals surface area contributed by atoms with Gasteiger partial charge in [0.15, 0.2) is 5.78 Å². The van der Waals surface area contributed by atoms with Crippen LogP contribution in [-0.4, -0.2) is 12.3 Å². The highest BCUT2D eigenvalue weighted by Gasteiger charge is 2.43. The third-order valence-electron chi connectivity index (χ3n) is 6.42. The van der Waals surface area contributed by atoms with E-state index in [-0.39, 0.29) is 17.4 Å². The lowest BCUT2D eigenvalue weighted by Gasteiger charge is -2.51. The Morgan fingerprint density at radius 1 is 0.812 bits per heavy atom. The molecule has 3 aromatic rings. The van der Waals surface area contributed by atoms with E-state index in [1.54, 1.807) is 0 Å². The van der Waals surface area contributed by atoms with Gasteiger partial charge in [-0.25, -0.2) is 0 Å². The quantitative estimate of drug-likeness (QED) is 0.393. The summed E-state index contributed by atoms with van der Waals surface area (Å²) >= 11 is 3.59. The Bertz CT molecular complexity index is 1150. The number of anilines is 2. The molecule has 162 valence electrons. The van der Waals surface area contributed by atoms with Gasteiger partial charge in [0, 0.05) is 33.5 Å². The molecular formula is C28H27BrN2O. The third kappa shape index (κ3) is 3.88. The molecule has 0 fully saturated rings. The first-order chi connectivity index (χ1) is 15.4. The van der Waals surface area contributed by atoms with E-state index in [1.807, 2.05) is 12.1 Å². The predicted octanol–water partition coefficient (Wildman–Crippen LogP) is 7.12. The van der Waals surface area contributed by atoms with Crippen LogP contribution in [0.2, 0.25) is 0 Å². The molecule has 4 heteroatoms. The van der Waals surface area contributed by atoms with Gasteiger partial charge in [-0.1, -0.05) is 78.3 Å². The molecule has 3 nitrogen and oxygen atoms in total. The average molecular weight is 487 g/mol. The summed E-state index contributed by atoms with van der Waals surface area (Å²) < 4.78 is 1.06. The summed E-state index contributed by atoms with van der Waals surface area (Å²) in [4.78, 5) is 18.1. The number of ketones is 1. The van der Waals surface area contributed by atoms with Gasteiger partial charge in [0.1, 0.15) is 6.17 Å². The third-order valence-corrected chi connectivity index (χ3v) is 6.95. The molecule has 0 N–H and O–H groups in total. The number of para-hydroxylation sites is 2. The summed E-state index contributed by atoms with van der Waals surface area (Å²) in [6, 6.07) is 29.5. The van der Waals surface area contributed by atoms with Crippen LogP contribution in [0.5, 0.6) is 0 Å². The highest BCUT2D eigenvalue weighted by Crippen LogP contribution is 2.48. The van der Waals surface area contributed by atoms with E-state index in [2.05, 4.69) is 112 Å². The van der Waals surface area contributed by atoms with E-state index < -0.39 is 0 Å². The zero-order valence-corrected chi connectivity index (χ0v) is 20.0. The number of hydrogen-bond donors (Lipinski definition) is 0. The zero-order valence-electron chi connectivity index (χ0n) is 18.5. The molecule has 1 heterocycles. The molecule has 1 aliphatic carbocycles. The lowest BCUT2D eigenvalue weighted by molar-refractivity contribution is -0.118. The fourth-order valence-corrected chi connectivity index (χ4v) is 5.24. The molecule has 0 spiro atoms. The molecule has 1 unspecified atom stereocenters. The van der Waals surface area contributed by atoms with Crippen LogP contribution >= 0.6 is 15.9 Å². The molecule has 0 aromatic heterocycles. The fraction of sp³-hybridized carbons (Fsp3) is 0.250. The molecule has 0 bridgehead atoms. The van der Waals surface area contributed by atoms with Crippen molar-refractivity contribution in [3.8, 4) is 0 Å². The number of nitrogens with zero attached hydrogens (tertiary/aromatic N) is 2. The molecule has 3 aromatic carbocycles. The monoisotopic (exact) mass is 486 g/mol. The summed E-state index contributed by atoms with van der Waals surface area (Å²) in [5, 5.41) is 0. The van der Waals surface area contributed by atoms with Crippen molar-refractivity contribution >= 4 is 33.1 Å². The van der Waals surface area contributed by atoms with Crippen LogP contribution in [0.15, 0.2) is 101 Å². The number of carbonyl (C=O) groups excluding carboxylic acids is 1. The maximum atomic E-state index is 13.4. The molecule has 0 saturated carbocycles. The highest BCUT2D eigenvalue weighted by molar-refractivity contribution is 9.10. The van der Waals surface area contributed by atoms with E-state index in [4.69, 9.17) is 0 Å². The molecule has 2 aliphatic rings. The Labute approximate surface area is 198 Å². The molecule has 0 radical (unpaired) electrons. The molecule has 32 heavy (non-hydrogen) atoms. The number of benzene rings is 3. The Hall–Kier alpha value is -2.85. The van der Waals surface area contributed by atoms with Crippen molar-refractivity contribution in [2.45, 2.75) is 32.9 Å². The van der Waals surface area contributed by atoms with Crippen molar-refractivity contribution in [2.24, 2.45) is 5.41 Å². The predicted molar refractivity (Wildman–Crippen MR) is 135 cm³/mol. The standard InChI is InChI=1S/C28H27BrN2O/c1-28(2)17-25-24(26(32)18-28)19-30(22-9-5-3-6-10-22)27(20-13-15-21(29)16-14-20)31(25)23-11-7-4-8-12-23/h3-16,27H,17-19H2,1-2H3. The van der Waals surface area contributed by atoms with Gasteiger partial charge in [-0.2, -0.15) is 0 Å². The highest BCUT2D eigenvalue weighted by atomic mass is 79.9. The summed E-state index contributed by atoms with van der Waals surface area (Å²) in [6.45, 7) is 5.03. The Kier molecular flexibility index (Phi) is 5.42. The first-order valence-electron chi connectivity index (χ1n) is 11.1. The number of halogens is 1. The van der Waals surface area contributed by atoms with E-state index in [0.29, 0.717) is 13.0 Å². The molecule has 5 rings (SSSR count). The second-order valence-electron chi connectivity index (χ2n) is 9.46. The summed E-state index contributed by atoms with van der Waals surface area (Å²) in [7, 11) is 0. The number of hydrogen-bond acceptors (Lipinski definition) is 3.